The molecular formula is C36H59N3O2S. The second kappa shape index (κ2) is 21.7. The lowest BCUT2D eigenvalue weighted by Crippen LogP contribution is -2.18. The number of aliphatic hydroxyl groups excluding tert-OH is 2. The Kier molecular flexibility index (Phi) is 18.7. The number of hydrogen-bond acceptors (Lipinski definition) is 6. The molecule has 6 heteroatoms. The van der Waals surface area contributed by atoms with Gasteiger partial charge >= 0.3 is 0 Å². The predicted octanol–water partition coefficient (Wildman–Crippen LogP) is 8.79. The van der Waals surface area contributed by atoms with Gasteiger partial charge in [0.25, 0.3) is 0 Å². The van der Waals surface area contributed by atoms with Gasteiger partial charge in [-0.05, 0) is 112 Å². The molecule has 1 aliphatic heterocycles. The molecule has 2 aromatic carbocycles. The van der Waals surface area contributed by atoms with Crippen molar-refractivity contribution in [2.75, 3.05) is 42.7 Å². The van der Waals surface area contributed by atoms with Crippen LogP contribution >= 0.6 is 11.8 Å². The fourth-order valence-corrected chi connectivity index (χ4v) is 6.76. The molecule has 3 rings (SSSR count). The zero-order valence-electron chi connectivity index (χ0n) is 27.1. The summed E-state index contributed by atoms with van der Waals surface area (Å²) in [6, 6.07) is 17.5. The van der Waals surface area contributed by atoms with Crippen LogP contribution in [0.1, 0.15) is 103 Å². The summed E-state index contributed by atoms with van der Waals surface area (Å²) >= 11 is 2.06. The van der Waals surface area contributed by atoms with Crippen LogP contribution < -0.4 is 15.5 Å². The van der Waals surface area contributed by atoms with Crippen LogP contribution in [-0.4, -0.2) is 48.8 Å². The SMILES string of the molecule is CC.CCCCC1CSc2ccc(N(C)C=C(CCCCNCCCCC(O)CO)Nc3ccccc3)cc2[C@@H](C)C1. The molecule has 236 valence electrons. The van der Waals surface area contributed by atoms with Gasteiger partial charge < -0.3 is 25.7 Å². The summed E-state index contributed by atoms with van der Waals surface area (Å²) < 4.78 is 0. The maximum absolute atomic E-state index is 9.45. The Hall–Kier alpha value is -1.99. The molecule has 2 aromatic rings. The van der Waals surface area contributed by atoms with Gasteiger partial charge in [0.15, 0.2) is 0 Å². The molecule has 5 nitrogen and oxygen atoms in total. The summed E-state index contributed by atoms with van der Waals surface area (Å²) in [6.07, 6.45) is 12.8. The largest absolute Gasteiger partial charge is 0.394 e. The van der Waals surface area contributed by atoms with Crippen LogP contribution in [0.5, 0.6) is 0 Å². The maximum Gasteiger partial charge on any atom is 0.0770 e. The molecule has 0 spiro atoms. The van der Waals surface area contributed by atoms with Crippen LogP contribution in [0.4, 0.5) is 11.4 Å². The van der Waals surface area contributed by atoms with Crippen LogP contribution in [0.2, 0.25) is 0 Å². The van der Waals surface area contributed by atoms with Crippen LogP contribution in [-0.2, 0) is 0 Å². The van der Waals surface area contributed by atoms with E-state index in [-0.39, 0.29) is 6.61 Å². The third-order valence-electron chi connectivity index (χ3n) is 7.89. The Bertz CT molecular complexity index is 1000. The van der Waals surface area contributed by atoms with Gasteiger partial charge in [0.1, 0.15) is 0 Å². The molecule has 0 saturated carbocycles. The lowest BCUT2D eigenvalue weighted by Gasteiger charge is -2.22. The second-order valence-electron chi connectivity index (χ2n) is 11.5. The highest BCUT2D eigenvalue weighted by Gasteiger charge is 2.22. The van der Waals surface area contributed by atoms with Gasteiger partial charge in [0.2, 0.25) is 0 Å². The number of unbranched alkanes of at least 4 members (excludes halogenated alkanes) is 3. The quantitative estimate of drug-likeness (QED) is 0.129. The van der Waals surface area contributed by atoms with Crippen LogP contribution in [0, 0.1) is 5.92 Å². The molecule has 1 heterocycles. The third kappa shape index (κ3) is 13.5. The number of rotatable bonds is 18. The summed E-state index contributed by atoms with van der Waals surface area (Å²) in [5.41, 5.74) is 5.11. The minimum atomic E-state index is -0.573. The minimum absolute atomic E-state index is 0.139. The minimum Gasteiger partial charge on any atom is -0.394 e. The van der Waals surface area contributed by atoms with Crippen LogP contribution in [0.15, 0.2) is 65.3 Å². The summed E-state index contributed by atoms with van der Waals surface area (Å²) in [5.74, 6) is 2.67. The van der Waals surface area contributed by atoms with E-state index in [2.05, 4.69) is 103 Å². The number of nitrogens with zero attached hydrogens (tertiary/aromatic N) is 1. The van der Waals surface area contributed by atoms with Gasteiger partial charge in [0.05, 0.1) is 12.7 Å². The van der Waals surface area contributed by atoms with Crippen molar-refractivity contribution in [1.82, 2.24) is 5.32 Å². The van der Waals surface area contributed by atoms with Crippen molar-refractivity contribution in [2.24, 2.45) is 5.92 Å². The molecule has 0 amide bonds. The van der Waals surface area contributed by atoms with Crippen molar-refractivity contribution in [2.45, 2.75) is 109 Å². The Morgan fingerprint density at radius 2 is 1.79 bits per heavy atom. The molecular weight excluding hydrogens is 538 g/mol. The number of nitrogens with one attached hydrogen (secondary N) is 2. The van der Waals surface area contributed by atoms with Gasteiger partial charge in [-0.1, -0.05) is 58.7 Å². The van der Waals surface area contributed by atoms with Crippen molar-refractivity contribution in [1.29, 1.82) is 0 Å². The molecule has 3 atom stereocenters. The normalized spacial score (nSPS) is 17.5. The standard InChI is InChI=1S/C34H53N3O2S.C2H6/c1-4-5-13-28-22-27(2)33-23-31(18-19-34(33)40-26-28)37(3)24-30(36-29-14-7-6-8-15-29)16-9-11-20-35-21-12-10-17-32(39)25-38;1-2/h6-8,14-15,18-19,23-24,27-28,32,35-36,38-39H,4-5,9-13,16-17,20-22,25-26H2,1-3H3;1-2H3/t27-,28?,32?;/m0./s1. The number of hydrogen-bond donors (Lipinski definition) is 4. The topological polar surface area (TPSA) is 67.8 Å². The van der Waals surface area contributed by atoms with Crippen molar-refractivity contribution < 1.29 is 10.2 Å². The highest BCUT2D eigenvalue weighted by Crippen LogP contribution is 2.41. The summed E-state index contributed by atoms with van der Waals surface area (Å²) in [4.78, 5) is 3.74. The molecule has 1 aliphatic rings. The number of aliphatic hydroxyl groups is 2. The van der Waals surface area contributed by atoms with E-state index in [9.17, 15) is 5.11 Å². The van der Waals surface area contributed by atoms with E-state index >= 15 is 0 Å². The summed E-state index contributed by atoms with van der Waals surface area (Å²) in [6.45, 7) is 10.5. The molecule has 0 saturated heterocycles. The third-order valence-corrected chi connectivity index (χ3v) is 9.21. The molecule has 0 aromatic heterocycles. The van der Waals surface area contributed by atoms with E-state index in [4.69, 9.17) is 5.11 Å². The molecule has 42 heavy (non-hydrogen) atoms. The first-order chi connectivity index (χ1) is 20.5. The number of para-hydroxylation sites is 1. The van der Waals surface area contributed by atoms with Crippen LogP contribution in [0.25, 0.3) is 0 Å². The summed E-state index contributed by atoms with van der Waals surface area (Å²) in [7, 11) is 2.17. The highest BCUT2D eigenvalue weighted by atomic mass is 32.2. The lowest BCUT2D eigenvalue weighted by molar-refractivity contribution is 0.0862. The van der Waals surface area contributed by atoms with E-state index in [1.54, 1.807) is 0 Å². The van der Waals surface area contributed by atoms with E-state index in [0.29, 0.717) is 12.3 Å². The molecule has 0 aliphatic carbocycles. The smallest absolute Gasteiger partial charge is 0.0770 e. The van der Waals surface area contributed by atoms with E-state index < -0.39 is 6.10 Å². The van der Waals surface area contributed by atoms with E-state index in [1.807, 2.05) is 13.8 Å². The van der Waals surface area contributed by atoms with Crippen molar-refractivity contribution >= 4 is 23.1 Å². The van der Waals surface area contributed by atoms with Gasteiger partial charge in [-0.25, -0.2) is 0 Å². The number of benzene rings is 2. The Morgan fingerprint density at radius 3 is 2.50 bits per heavy atom. The molecule has 4 N–H and O–H groups in total. The first-order valence-corrected chi connectivity index (χ1v) is 17.5. The zero-order chi connectivity index (χ0) is 30.6. The number of fused-ring (bicyclic) bond motifs is 1. The van der Waals surface area contributed by atoms with Gasteiger partial charge in [-0.3, -0.25) is 0 Å². The van der Waals surface area contributed by atoms with Gasteiger partial charge in [-0.15, -0.1) is 11.8 Å². The van der Waals surface area contributed by atoms with Crippen molar-refractivity contribution in [3.63, 3.8) is 0 Å². The van der Waals surface area contributed by atoms with Crippen molar-refractivity contribution in [3.8, 4) is 0 Å². The van der Waals surface area contributed by atoms with Gasteiger partial charge in [-0.2, -0.15) is 0 Å². The fourth-order valence-electron chi connectivity index (χ4n) is 5.45. The number of thioether (sulfide) groups is 1. The van der Waals surface area contributed by atoms with Crippen molar-refractivity contribution in [3.05, 3.63) is 66.0 Å². The Labute approximate surface area is 261 Å². The molecule has 0 radical (unpaired) electrons. The van der Waals surface area contributed by atoms with E-state index in [1.165, 1.54) is 53.3 Å². The highest BCUT2D eigenvalue weighted by molar-refractivity contribution is 7.99. The monoisotopic (exact) mass is 597 g/mol. The first-order valence-electron chi connectivity index (χ1n) is 16.5. The van der Waals surface area contributed by atoms with Gasteiger partial charge in [0, 0.05) is 41.0 Å². The predicted molar refractivity (Wildman–Crippen MR) is 185 cm³/mol. The Morgan fingerprint density at radius 1 is 1.05 bits per heavy atom. The average molecular weight is 598 g/mol. The second-order valence-corrected chi connectivity index (χ2v) is 12.5. The number of allylic oxidation sites excluding steroid dienone is 1. The molecule has 2 unspecified atom stereocenters. The average Bonchev–Trinajstić information content (AvgIpc) is 3.18. The molecule has 0 fully saturated rings. The zero-order valence-corrected chi connectivity index (χ0v) is 27.9. The van der Waals surface area contributed by atoms with E-state index in [0.717, 1.165) is 56.8 Å². The first kappa shape index (κ1) is 36.2. The summed E-state index contributed by atoms with van der Waals surface area (Å²) in [5, 5.41) is 25.6. The maximum atomic E-state index is 9.45. The fraction of sp³-hybridized carbons (Fsp3) is 0.611. The number of anilines is 2. The van der Waals surface area contributed by atoms with Crippen LogP contribution in [0.3, 0.4) is 0 Å². The Balaban J connectivity index is 0.00000301. The lowest BCUT2D eigenvalue weighted by atomic mass is 9.88. The molecule has 0 bridgehead atoms.